The Hall–Kier alpha value is -2.46. The normalized spacial score (nSPS) is 18.8. The lowest BCUT2D eigenvalue weighted by Crippen LogP contribution is -2.35. The third-order valence-electron chi connectivity index (χ3n) is 5.13. The Morgan fingerprint density at radius 2 is 1.87 bits per heavy atom. The Kier molecular flexibility index (Phi) is 5.78. The number of rotatable bonds is 4. The van der Waals surface area contributed by atoms with Crippen LogP contribution in [0.5, 0.6) is 0 Å². The van der Waals surface area contributed by atoms with Gasteiger partial charge in [-0.05, 0) is 51.1 Å². The number of alkyl halides is 3. The monoisotopic (exact) mass is 449 g/mol. The van der Waals surface area contributed by atoms with Crippen molar-refractivity contribution in [3.63, 3.8) is 0 Å². The Morgan fingerprint density at radius 1 is 1.13 bits per heavy atom. The molecule has 6 nitrogen and oxygen atoms in total. The smallest absolute Gasteiger partial charge is 0.375 e. The predicted molar refractivity (Wildman–Crippen MR) is 112 cm³/mol. The highest BCUT2D eigenvalue weighted by Crippen LogP contribution is 2.35. The van der Waals surface area contributed by atoms with Gasteiger partial charge in [-0.1, -0.05) is 12.1 Å². The summed E-state index contributed by atoms with van der Waals surface area (Å²) in [5, 5.41) is 4.69. The molecule has 1 fully saturated rings. The fraction of sp³-hybridized carbons (Fsp3) is 0.429. The minimum Gasteiger partial charge on any atom is -0.375 e. The van der Waals surface area contributed by atoms with E-state index in [1.165, 1.54) is 6.07 Å². The van der Waals surface area contributed by atoms with Crippen molar-refractivity contribution >= 4 is 11.8 Å². The Labute approximate surface area is 182 Å². The maximum absolute atomic E-state index is 13.2. The molecule has 1 aliphatic rings. The molecule has 0 aliphatic carbocycles. The highest BCUT2D eigenvalue weighted by Gasteiger charge is 2.36. The van der Waals surface area contributed by atoms with Crippen molar-refractivity contribution in [2.24, 2.45) is 0 Å². The number of ether oxygens (including phenoxy) is 1. The number of nitrogens with zero attached hydrogens (tertiary/aromatic N) is 5. The van der Waals surface area contributed by atoms with Crippen LogP contribution in [-0.2, 0) is 10.9 Å². The molecule has 0 spiro atoms. The number of thioether (sulfide) groups is 1. The summed E-state index contributed by atoms with van der Waals surface area (Å²) in [5.74, 6) is -0.462. The topological polar surface area (TPSA) is 65.7 Å². The van der Waals surface area contributed by atoms with Gasteiger partial charge in [0.1, 0.15) is 5.69 Å². The van der Waals surface area contributed by atoms with Crippen LogP contribution in [0.15, 0.2) is 41.4 Å². The molecule has 3 heterocycles. The first-order chi connectivity index (χ1) is 14.7. The zero-order valence-electron chi connectivity index (χ0n) is 17.3. The van der Waals surface area contributed by atoms with Gasteiger partial charge in [-0.15, -0.1) is 11.8 Å². The minimum atomic E-state index is -4.64. The van der Waals surface area contributed by atoms with E-state index in [-0.39, 0.29) is 17.3 Å². The predicted octanol–water partition coefficient (Wildman–Crippen LogP) is 5.27. The number of hydrogen-bond acceptors (Lipinski definition) is 6. The molecule has 0 bridgehead atoms. The van der Waals surface area contributed by atoms with E-state index >= 15 is 0 Å². The van der Waals surface area contributed by atoms with Crippen LogP contribution in [-0.4, -0.2) is 43.2 Å². The van der Waals surface area contributed by atoms with Gasteiger partial charge in [0.2, 0.25) is 5.82 Å². The molecule has 0 saturated carbocycles. The van der Waals surface area contributed by atoms with Crippen molar-refractivity contribution in [3.05, 3.63) is 42.4 Å². The molecule has 1 atom stereocenters. The number of aromatic nitrogens is 5. The molecule has 0 N–H and O–H groups in total. The standard InChI is InChI=1S/C21H22F3N5OS/c1-20(2)12-14(9-11-30-20)29-18(16-8-10-25-19(26-16)21(22,23)24)27-17(28-29)13-4-6-15(31-3)7-5-13/h4-8,10,14H,9,11-12H2,1-3H3. The number of hydrogen-bond donors (Lipinski definition) is 0. The molecule has 1 unspecified atom stereocenters. The van der Waals surface area contributed by atoms with Gasteiger partial charge in [0, 0.05) is 23.3 Å². The van der Waals surface area contributed by atoms with Crippen LogP contribution in [0.25, 0.3) is 22.9 Å². The summed E-state index contributed by atoms with van der Waals surface area (Å²) < 4.78 is 47.1. The first-order valence-corrected chi connectivity index (χ1v) is 11.0. The first kappa shape index (κ1) is 21.8. The second-order valence-corrected chi connectivity index (χ2v) is 8.83. The maximum atomic E-state index is 13.2. The summed E-state index contributed by atoms with van der Waals surface area (Å²) in [6, 6.07) is 9.10. The lowest BCUT2D eigenvalue weighted by Gasteiger charge is -2.35. The summed E-state index contributed by atoms with van der Waals surface area (Å²) >= 11 is 1.62. The lowest BCUT2D eigenvalue weighted by molar-refractivity contribution is -0.144. The molecule has 31 heavy (non-hydrogen) atoms. The molecule has 1 saturated heterocycles. The molecule has 3 aromatic rings. The van der Waals surface area contributed by atoms with E-state index in [2.05, 4.69) is 15.0 Å². The van der Waals surface area contributed by atoms with Gasteiger partial charge in [0.25, 0.3) is 0 Å². The van der Waals surface area contributed by atoms with E-state index in [1.54, 1.807) is 16.4 Å². The van der Waals surface area contributed by atoms with E-state index in [9.17, 15) is 13.2 Å². The van der Waals surface area contributed by atoms with Gasteiger partial charge in [-0.2, -0.15) is 18.3 Å². The van der Waals surface area contributed by atoms with Crippen molar-refractivity contribution in [3.8, 4) is 22.9 Å². The molecule has 4 rings (SSSR count). The molecule has 1 aliphatic heterocycles. The van der Waals surface area contributed by atoms with Gasteiger partial charge in [-0.3, -0.25) is 0 Å². The summed E-state index contributed by atoms with van der Waals surface area (Å²) in [5.41, 5.74) is 0.509. The zero-order chi connectivity index (χ0) is 22.2. The van der Waals surface area contributed by atoms with E-state index in [0.717, 1.165) is 16.7 Å². The van der Waals surface area contributed by atoms with Gasteiger partial charge in [-0.25, -0.2) is 19.6 Å². The van der Waals surface area contributed by atoms with E-state index in [4.69, 9.17) is 9.84 Å². The zero-order valence-corrected chi connectivity index (χ0v) is 18.2. The van der Waals surface area contributed by atoms with Crippen LogP contribution in [0.4, 0.5) is 13.2 Å². The summed E-state index contributed by atoms with van der Waals surface area (Å²) in [4.78, 5) is 12.8. The van der Waals surface area contributed by atoms with Gasteiger partial charge >= 0.3 is 6.18 Å². The van der Waals surface area contributed by atoms with Crippen molar-refractivity contribution in [1.82, 2.24) is 24.7 Å². The average Bonchev–Trinajstić information content (AvgIpc) is 3.18. The van der Waals surface area contributed by atoms with Gasteiger partial charge < -0.3 is 4.74 Å². The number of benzene rings is 1. The van der Waals surface area contributed by atoms with E-state index in [0.29, 0.717) is 31.1 Å². The number of halogens is 3. The fourth-order valence-corrected chi connectivity index (χ4v) is 4.05. The Balaban J connectivity index is 1.81. The van der Waals surface area contributed by atoms with Crippen LogP contribution in [0.3, 0.4) is 0 Å². The average molecular weight is 450 g/mol. The lowest BCUT2D eigenvalue weighted by atomic mass is 9.94. The molecular formula is C21H22F3N5OS. The summed E-state index contributed by atoms with van der Waals surface area (Å²) in [6.07, 6.45) is -0.212. The third-order valence-corrected chi connectivity index (χ3v) is 5.88. The van der Waals surface area contributed by atoms with E-state index < -0.39 is 12.0 Å². The van der Waals surface area contributed by atoms with Crippen LogP contribution in [0, 0.1) is 0 Å². The molecule has 0 amide bonds. The van der Waals surface area contributed by atoms with Crippen molar-refractivity contribution in [2.45, 2.75) is 49.4 Å². The molecule has 0 radical (unpaired) electrons. The second-order valence-electron chi connectivity index (χ2n) is 7.95. The third kappa shape index (κ3) is 4.74. The second kappa shape index (κ2) is 8.23. The first-order valence-electron chi connectivity index (χ1n) is 9.82. The quantitative estimate of drug-likeness (QED) is 0.506. The van der Waals surface area contributed by atoms with Gasteiger partial charge in [0.15, 0.2) is 11.6 Å². The summed E-state index contributed by atoms with van der Waals surface area (Å²) in [6.45, 7) is 4.51. The summed E-state index contributed by atoms with van der Waals surface area (Å²) in [7, 11) is 0. The Bertz CT molecular complexity index is 1070. The van der Waals surface area contributed by atoms with Crippen molar-refractivity contribution in [2.75, 3.05) is 12.9 Å². The highest BCUT2D eigenvalue weighted by atomic mass is 32.2. The molecule has 164 valence electrons. The van der Waals surface area contributed by atoms with Crippen LogP contribution >= 0.6 is 11.8 Å². The van der Waals surface area contributed by atoms with Crippen LogP contribution in [0.2, 0.25) is 0 Å². The van der Waals surface area contributed by atoms with Crippen LogP contribution in [0.1, 0.15) is 38.6 Å². The Morgan fingerprint density at radius 3 is 2.52 bits per heavy atom. The highest BCUT2D eigenvalue weighted by molar-refractivity contribution is 7.98. The van der Waals surface area contributed by atoms with Crippen molar-refractivity contribution in [1.29, 1.82) is 0 Å². The molecule has 10 heteroatoms. The SMILES string of the molecule is CSc1ccc(-c2nc(-c3ccnc(C(F)(F)F)n3)n(C3CCOC(C)(C)C3)n2)cc1. The van der Waals surface area contributed by atoms with Gasteiger partial charge in [0.05, 0.1) is 11.6 Å². The fourth-order valence-electron chi connectivity index (χ4n) is 3.64. The largest absolute Gasteiger partial charge is 0.451 e. The van der Waals surface area contributed by atoms with E-state index in [1.807, 2.05) is 44.4 Å². The molecule has 1 aromatic carbocycles. The molecule has 2 aromatic heterocycles. The van der Waals surface area contributed by atoms with Crippen LogP contribution < -0.4 is 0 Å². The molecular weight excluding hydrogens is 427 g/mol. The minimum absolute atomic E-state index is 0.0743. The maximum Gasteiger partial charge on any atom is 0.451 e. The van der Waals surface area contributed by atoms with Crippen molar-refractivity contribution < 1.29 is 17.9 Å².